The predicted octanol–water partition coefficient (Wildman–Crippen LogP) is 2.63. The molecule has 2 heterocycles. The third-order valence-corrected chi connectivity index (χ3v) is 2.96. The summed E-state index contributed by atoms with van der Waals surface area (Å²) in [5.41, 5.74) is 3.98. The third kappa shape index (κ3) is 1.51. The molecule has 1 aromatic carbocycles. The van der Waals surface area contributed by atoms with Crippen molar-refractivity contribution >= 4 is 11.2 Å². The highest BCUT2D eigenvalue weighted by atomic mass is 16.4. The number of hydrogen-bond acceptors (Lipinski definition) is 2. The normalized spacial score (nSPS) is 10.9. The molecule has 0 fully saturated rings. The van der Waals surface area contributed by atoms with E-state index in [1.807, 2.05) is 35.9 Å². The fraction of sp³-hybridized carbons (Fsp3) is 0.143. The van der Waals surface area contributed by atoms with Crippen molar-refractivity contribution in [3.8, 4) is 11.5 Å². The Hall–Kier alpha value is -2.16. The number of pyridine rings is 1. The lowest BCUT2D eigenvalue weighted by Crippen LogP contribution is -2.29. The summed E-state index contributed by atoms with van der Waals surface area (Å²) in [6.07, 6.45) is 1.78. The van der Waals surface area contributed by atoms with Gasteiger partial charge in [-0.05, 0) is 35.7 Å². The third-order valence-electron chi connectivity index (χ3n) is 2.96. The Balaban J connectivity index is 2.32. The van der Waals surface area contributed by atoms with Crippen molar-refractivity contribution in [2.75, 3.05) is 0 Å². The minimum atomic E-state index is 0.813. The second kappa shape index (κ2) is 3.70. The molecule has 0 bridgehead atoms. The first-order chi connectivity index (χ1) is 8.27. The van der Waals surface area contributed by atoms with Gasteiger partial charge in [-0.25, -0.2) is 0 Å². The minimum Gasteiger partial charge on any atom is -0.414 e. The molecule has 2 aromatic heterocycles. The second-order valence-electron chi connectivity index (χ2n) is 4.11. The van der Waals surface area contributed by atoms with Gasteiger partial charge in [0.25, 0.3) is 5.89 Å². The van der Waals surface area contributed by atoms with Gasteiger partial charge in [0, 0.05) is 0 Å². The van der Waals surface area contributed by atoms with Crippen LogP contribution in [-0.2, 0) is 7.05 Å². The molecular weight excluding hydrogens is 212 g/mol. The highest BCUT2D eigenvalue weighted by Gasteiger charge is 2.20. The van der Waals surface area contributed by atoms with E-state index in [0.29, 0.717) is 0 Å². The van der Waals surface area contributed by atoms with Crippen molar-refractivity contribution < 1.29 is 8.98 Å². The Bertz CT molecular complexity index is 686. The SMILES string of the molecule is Cc1ccccc1-c1oc2cccnc2[n+]1C. The van der Waals surface area contributed by atoms with E-state index in [0.717, 1.165) is 22.7 Å². The maximum atomic E-state index is 5.87. The fourth-order valence-electron chi connectivity index (χ4n) is 2.03. The number of aryl methyl sites for hydroxylation is 2. The number of fused-ring (bicyclic) bond motifs is 1. The van der Waals surface area contributed by atoms with Crippen molar-refractivity contribution in [2.45, 2.75) is 6.92 Å². The van der Waals surface area contributed by atoms with E-state index >= 15 is 0 Å². The van der Waals surface area contributed by atoms with Crippen LogP contribution in [0.25, 0.3) is 22.7 Å². The van der Waals surface area contributed by atoms with Gasteiger partial charge in [-0.2, -0.15) is 4.57 Å². The van der Waals surface area contributed by atoms with Crippen molar-refractivity contribution in [1.29, 1.82) is 0 Å². The average Bonchev–Trinajstić information content (AvgIpc) is 2.68. The summed E-state index contributed by atoms with van der Waals surface area (Å²) in [5, 5.41) is 0. The zero-order chi connectivity index (χ0) is 11.8. The van der Waals surface area contributed by atoms with Crippen LogP contribution >= 0.6 is 0 Å². The van der Waals surface area contributed by atoms with Gasteiger partial charge in [-0.1, -0.05) is 18.2 Å². The number of hydrogen-bond donors (Lipinski definition) is 0. The van der Waals surface area contributed by atoms with Crippen LogP contribution in [0.3, 0.4) is 0 Å². The van der Waals surface area contributed by atoms with E-state index in [1.54, 1.807) is 6.20 Å². The Morgan fingerprint density at radius 2 is 1.94 bits per heavy atom. The van der Waals surface area contributed by atoms with Crippen LogP contribution in [0.5, 0.6) is 0 Å². The molecular formula is C14H13N2O+. The first-order valence-electron chi connectivity index (χ1n) is 5.57. The molecule has 0 unspecified atom stereocenters. The Morgan fingerprint density at radius 3 is 2.71 bits per heavy atom. The van der Waals surface area contributed by atoms with E-state index in [4.69, 9.17) is 4.42 Å². The van der Waals surface area contributed by atoms with Gasteiger partial charge in [0.05, 0.1) is 12.6 Å². The maximum absolute atomic E-state index is 5.87. The lowest BCUT2D eigenvalue weighted by atomic mass is 10.1. The lowest BCUT2D eigenvalue weighted by Gasteiger charge is -1.99. The fourth-order valence-corrected chi connectivity index (χ4v) is 2.03. The summed E-state index contributed by atoms with van der Waals surface area (Å²) < 4.78 is 7.85. The molecule has 0 amide bonds. The quantitative estimate of drug-likeness (QED) is 0.596. The molecule has 0 atom stereocenters. The molecule has 0 spiro atoms. The maximum Gasteiger partial charge on any atom is 0.368 e. The standard InChI is InChI=1S/C14H13N2O/c1-10-6-3-4-7-11(10)14-16(2)13-12(17-14)8-5-9-15-13/h3-9H,1-2H3/q+1. The van der Waals surface area contributed by atoms with Gasteiger partial charge in [-0.15, -0.1) is 0 Å². The number of benzene rings is 1. The van der Waals surface area contributed by atoms with Crippen LogP contribution in [-0.4, -0.2) is 4.98 Å². The van der Waals surface area contributed by atoms with E-state index in [2.05, 4.69) is 24.0 Å². The van der Waals surface area contributed by atoms with Crippen LogP contribution in [0.4, 0.5) is 0 Å². The van der Waals surface area contributed by atoms with E-state index in [1.165, 1.54) is 5.56 Å². The van der Waals surface area contributed by atoms with E-state index < -0.39 is 0 Å². The van der Waals surface area contributed by atoms with Gasteiger partial charge in [-0.3, -0.25) is 0 Å². The van der Waals surface area contributed by atoms with Crippen molar-refractivity contribution in [1.82, 2.24) is 4.98 Å². The first-order valence-corrected chi connectivity index (χ1v) is 5.57. The number of oxazole rings is 1. The smallest absolute Gasteiger partial charge is 0.368 e. The Labute approximate surface area is 99.3 Å². The van der Waals surface area contributed by atoms with Crippen LogP contribution in [0.15, 0.2) is 47.0 Å². The predicted molar refractivity (Wildman–Crippen MR) is 65.4 cm³/mol. The van der Waals surface area contributed by atoms with Crippen molar-refractivity contribution in [3.05, 3.63) is 48.2 Å². The van der Waals surface area contributed by atoms with Crippen LogP contribution < -0.4 is 4.57 Å². The van der Waals surface area contributed by atoms with Crippen LogP contribution in [0.2, 0.25) is 0 Å². The van der Waals surface area contributed by atoms with Crippen LogP contribution in [0, 0.1) is 6.92 Å². The average molecular weight is 225 g/mol. The summed E-state index contributed by atoms with van der Waals surface area (Å²) in [7, 11) is 1.97. The summed E-state index contributed by atoms with van der Waals surface area (Å²) in [4.78, 5) is 4.33. The zero-order valence-electron chi connectivity index (χ0n) is 9.84. The van der Waals surface area contributed by atoms with Gasteiger partial charge < -0.3 is 4.42 Å². The highest BCUT2D eigenvalue weighted by Crippen LogP contribution is 2.23. The van der Waals surface area contributed by atoms with Gasteiger partial charge in [0.15, 0.2) is 0 Å². The summed E-state index contributed by atoms with van der Waals surface area (Å²) >= 11 is 0. The molecule has 0 aliphatic heterocycles. The molecule has 17 heavy (non-hydrogen) atoms. The lowest BCUT2D eigenvalue weighted by molar-refractivity contribution is -0.639. The number of nitrogens with zero attached hydrogens (tertiary/aromatic N) is 2. The molecule has 0 aliphatic carbocycles. The molecule has 0 saturated carbocycles. The van der Waals surface area contributed by atoms with Crippen molar-refractivity contribution in [2.24, 2.45) is 7.05 Å². The van der Waals surface area contributed by atoms with Crippen LogP contribution in [0.1, 0.15) is 5.56 Å². The second-order valence-corrected chi connectivity index (χ2v) is 4.11. The molecule has 84 valence electrons. The van der Waals surface area contributed by atoms with Crippen molar-refractivity contribution in [3.63, 3.8) is 0 Å². The summed E-state index contributed by atoms with van der Waals surface area (Å²) in [5.74, 6) is 0.844. The Morgan fingerprint density at radius 1 is 1.12 bits per heavy atom. The zero-order valence-corrected chi connectivity index (χ0v) is 9.84. The molecule has 0 N–H and O–H groups in total. The Kier molecular flexibility index (Phi) is 2.18. The highest BCUT2D eigenvalue weighted by molar-refractivity contribution is 5.67. The molecule has 0 saturated heterocycles. The molecule has 3 rings (SSSR count). The molecule has 0 radical (unpaired) electrons. The molecule has 0 aliphatic rings. The van der Waals surface area contributed by atoms with Gasteiger partial charge in [0.1, 0.15) is 6.20 Å². The number of aromatic nitrogens is 2. The topological polar surface area (TPSA) is 29.9 Å². The van der Waals surface area contributed by atoms with E-state index in [-0.39, 0.29) is 0 Å². The monoisotopic (exact) mass is 225 g/mol. The summed E-state index contributed by atoms with van der Waals surface area (Å²) in [6.45, 7) is 2.08. The largest absolute Gasteiger partial charge is 0.414 e. The van der Waals surface area contributed by atoms with E-state index in [9.17, 15) is 0 Å². The molecule has 3 aromatic rings. The molecule has 3 nitrogen and oxygen atoms in total. The van der Waals surface area contributed by atoms with Gasteiger partial charge in [0.2, 0.25) is 5.58 Å². The van der Waals surface area contributed by atoms with Gasteiger partial charge >= 0.3 is 5.65 Å². The number of rotatable bonds is 1. The minimum absolute atomic E-state index is 0.813. The summed E-state index contributed by atoms with van der Waals surface area (Å²) in [6, 6.07) is 12.0. The first kappa shape index (κ1) is 10.0. The molecule has 3 heteroatoms.